The molecular formula is C20H16N2O4S. The van der Waals surface area contributed by atoms with Crippen LogP contribution in [0.15, 0.2) is 63.0 Å². The zero-order chi connectivity index (χ0) is 18.6. The molecule has 0 atom stereocenters. The molecular weight excluding hydrogens is 364 g/mol. The van der Waals surface area contributed by atoms with Gasteiger partial charge in [-0.15, -0.1) is 11.3 Å². The summed E-state index contributed by atoms with van der Waals surface area (Å²) < 4.78 is 15.7. The normalized spacial score (nSPS) is 10.9. The number of benzene rings is 1. The molecule has 136 valence electrons. The van der Waals surface area contributed by atoms with Crippen LogP contribution in [0.4, 0.5) is 0 Å². The standard InChI is InChI=1S/C20H16N2O4S/c1-2-13-5-7-14(8-6-13)19-21-16(12-27-19)20(23)25-11-15-10-18(26-22-15)17-4-3-9-24-17/h3-10,12H,2,11H2,1H3. The first-order chi connectivity index (χ1) is 13.2. The van der Waals surface area contributed by atoms with Crippen LogP contribution < -0.4 is 0 Å². The van der Waals surface area contributed by atoms with E-state index < -0.39 is 5.97 Å². The molecule has 4 rings (SSSR count). The Hall–Kier alpha value is -3.19. The molecule has 7 heteroatoms. The minimum Gasteiger partial charge on any atom is -0.461 e. The third kappa shape index (κ3) is 3.83. The molecule has 3 heterocycles. The third-order valence-corrected chi connectivity index (χ3v) is 4.89. The van der Waals surface area contributed by atoms with E-state index in [2.05, 4.69) is 29.2 Å². The summed E-state index contributed by atoms with van der Waals surface area (Å²) in [6.45, 7) is 2.11. The number of carbonyl (C=O) groups is 1. The third-order valence-electron chi connectivity index (χ3n) is 4.00. The Bertz CT molecular complexity index is 1030. The number of nitrogens with zero attached hydrogens (tertiary/aromatic N) is 2. The minimum absolute atomic E-state index is 0.00109. The van der Waals surface area contributed by atoms with Gasteiger partial charge in [0.1, 0.15) is 17.3 Å². The van der Waals surface area contributed by atoms with Gasteiger partial charge in [0, 0.05) is 17.0 Å². The van der Waals surface area contributed by atoms with E-state index in [0.717, 1.165) is 17.0 Å². The predicted molar refractivity (Wildman–Crippen MR) is 100 cm³/mol. The topological polar surface area (TPSA) is 78.4 Å². The summed E-state index contributed by atoms with van der Waals surface area (Å²) in [6.07, 6.45) is 2.53. The number of thiazole rings is 1. The Morgan fingerprint density at radius 1 is 1.19 bits per heavy atom. The zero-order valence-corrected chi connectivity index (χ0v) is 15.4. The van der Waals surface area contributed by atoms with Crippen molar-refractivity contribution in [2.45, 2.75) is 20.0 Å². The maximum absolute atomic E-state index is 12.2. The molecule has 4 aromatic rings. The van der Waals surface area contributed by atoms with Crippen molar-refractivity contribution in [2.75, 3.05) is 0 Å². The molecule has 0 aliphatic rings. The van der Waals surface area contributed by atoms with Crippen molar-refractivity contribution in [1.29, 1.82) is 0 Å². The molecule has 0 fully saturated rings. The first-order valence-corrected chi connectivity index (χ1v) is 9.32. The molecule has 0 radical (unpaired) electrons. The quantitative estimate of drug-likeness (QED) is 0.439. The van der Waals surface area contributed by atoms with Crippen molar-refractivity contribution in [3.05, 3.63) is 71.1 Å². The second kappa shape index (κ2) is 7.59. The lowest BCUT2D eigenvalue weighted by Gasteiger charge is -2.00. The highest BCUT2D eigenvalue weighted by Crippen LogP contribution is 2.25. The fraction of sp³-hybridized carbons (Fsp3) is 0.150. The Balaban J connectivity index is 1.39. The second-order valence-corrected chi connectivity index (χ2v) is 6.68. The van der Waals surface area contributed by atoms with Crippen molar-refractivity contribution in [3.8, 4) is 22.1 Å². The number of aromatic nitrogens is 2. The van der Waals surface area contributed by atoms with Crippen LogP contribution in [0.25, 0.3) is 22.1 Å². The van der Waals surface area contributed by atoms with E-state index in [9.17, 15) is 4.79 Å². The van der Waals surface area contributed by atoms with Crippen molar-refractivity contribution in [1.82, 2.24) is 10.1 Å². The molecule has 0 aliphatic carbocycles. The van der Waals surface area contributed by atoms with E-state index in [1.54, 1.807) is 29.8 Å². The first kappa shape index (κ1) is 17.2. The molecule has 6 nitrogen and oxygen atoms in total. The van der Waals surface area contributed by atoms with E-state index in [4.69, 9.17) is 13.7 Å². The fourth-order valence-electron chi connectivity index (χ4n) is 2.51. The molecule has 3 aromatic heterocycles. The van der Waals surface area contributed by atoms with Gasteiger partial charge in [-0.25, -0.2) is 9.78 Å². The van der Waals surface area contributed by atoms with Gasteiger partial charge in [0.15, 0.2) is 11.5 Å². The van der Waals surface area contributed by atoms with Gasteiger partial charge in [-0.3, -0.25) is 0 Å². The molecule has 0 bridgehead atoms. The number of hydrogen-bond donors (Lipinski definition) is 0. The van der Waals surface area contributed by atoms with Gasteiger partial charge >= 0.3 is 5.97 Å². The van der Waals surface area contributed by atoms with Crippen LogP contribution in [0.3, 0.4) is 0 Å². The number of furan rings is 1. The molecule has 0 saturated heterocycles. The number of ether oxygens (including phenoxy) is 1. The van der Waals surface area contributed by atoms with Gasteiger partial charge in [-0.2, -0.15) is 0 Å². The lowest BCUT2D eigenvalue weighted by molar-refractivity contribution is 0.0458. The lowest BCUT2D eigenvalue weighted by atomic mass is 10.1. The van der Waals surface area contributed by atoms with Gasteiger partial charge < -0.3 is 13.7 Å². The van der Waals surface area contributed by atoms with Crippen LogP contribution in [-0.4, -0.2) is 16.1 Å². The van der Waals surface area contributed by atoms with E-state index in [-0.39, 0.29) is 12.3 Å². The number of rotatable bonds is 6. The van der Waals surface area contributed by atoms with E-state index in [0.29, 0.717) is 17.2 Å². The summed E-state index contributed by atoms with van der Waals surface area (Å²) in [7, 11) is 0. The van der Waals surface area contributed by atoms with E-state index >= 15 is 0 Å². The maximum atomic E-state index is 12.2. The van der Waals surface area contributed by atoms with Gasteiger partial charge in [0.25, 0.3) is 0 Å². The summed E-state index contributed by atoms with van der Waals surface area (Å²) in [5, 5.41) is 6.36. The summed E-state index contributed by atoms with van der Waals surface area (Å²) in [5.41, 5.74) is 3.02. The lowest BCUT2D eigenvalue weighted by Crippen LogP contribution is -2.05. The average molecular weight is 380 g/mol. The molecule has 0 amide bonds. The van der Waals surface area contributed by atoms with Gasteiger partial charge in [0.05, 0.1) is 6.26 Å². The van der Waals surface area contributed by atoms with Gasteiger partial charge in [0.2, 0.25) is 5.76 Å². The summed E-state index contributed by atoms with van der Waals surface area (Å²) in [6, 6.07) is 13.4. The highest BCUT2D eigenvalue weighted by Gasteiger charge is 2.15. The minimum atomic E-state index is -0.495. The van der Waals surface area contributed by atoms with E-state index in [1.807, 2.05) is 12.1 Å². The Kier molecular flexibility index (Phi) is 4.84. The maximum Gasteiger partial charge on any atom is 0.358 e. The van der Waals surface area contributed by atoms with Crippen LogP contribution in [0.5, 0.6) is 0 Å². The van der Waals surface area contributed by atoms with Crippen molar-refractivity contribution in [2.24, 2.45) is 0 Å². The number of esters is 1. The molecule has 0 saturated carbocycles. The summed E-state index contributed by atoms with van der Waals surface area (Å²) in [4.78, 5) is 16.6. The van der Waals surface area contributed by atoms with Crippen LogP contribution in [0.2, 0.25) is 0 Å². The number of carbonyl (C=O) groups excluding carboxylic acids is 1. The van der Waals surface area contributed by atoms with Gasteiger partial charge in [-0.1, -0.05) is 36.3 Å². The van der Waals surface area contributed by atoms with Crippen LogP contribution in [0.1, 0.15) is 28.7 Å². The van der Waals surface area contributed by atoms with Crippen molar-refractivity contribution >= 4 is 17.3 Å². The van der Waals surface area contributed by atoms with E-state index in [1.165, 1.54) is 16.9 Å². The van der Waals surface area contributed by atoms with Crippen LogP contribution in [0, 0.1) is 0 Å². The average Bonchev–Trinajstić information content (AvgIpc) is 3.47. The largest absolute Gasteiger partial charge is 0.461 e. The number of hydrogen-bond acceptors (Lipinski definition) is 7. The highest BCUT2D eigenvalue weighted by molar-refractivity contribution is 7.13. The molecule has 27 heavy (non-hydrogen) atoms. The fourth-order valence-corrected chi connectivity index (χ4v) is 3.31. The molecule has 0 unspecified atom stereocenters. The number of aryl methyl sites for hydroxylation is 1. The Labute approximate surface area is 159 Å². The Morgan fingerprint density at radius 3 is 2.78 bits per heavy atom. The predicted octanol–water partition coefficient (Wildman–Crippen LogP) is 4.98. The van der Waals surface area contributed by atoms with Crippen molar-refractivity contribution < 1.29 is 18.5 Å². The van der Waals surface area contributed by atoms with Crippen LogP contribution >= 0.6 is 11.3 Å². The molecule has 0 N–H and O–H groups in total. The second-order valence-electron chi connectivity index (χ2n) is 5.82. The summed E-state index contributed by atoms with van der Waals surface area (Å²) >= 11 is 1.41. The molecule has 1 aromatic carbocycles. The van der Waals surface area contributed by atoms with Gasteiger partial charge in [-0.05, 0) is 24.1 Å². The zero-order valence-electron chi connectivity index (χ0n) is 14.5. The highest BCUT2D eigenvalue weighted by atomic mass is 32.1. The Morgan fingerprint density at radius 2 is 2.04 bits per heavy atom. The smallest absolute Gasteiger partial charge is 0.358 e. The molecule has 0 spiro atoms. The van der Waals surface area contributed by atoms with Crippen LogP contribution in [-0.2, 0) is 17.8 Å². The summed E-state index contributed by atoms with van der Waals surface area (Å²) in [5.74, 6) is 0.557. The SMILES string of the molecule is CCc1ccc(-c2nc(C(=O)OCc3cc(-c4ccco4)on3)cs2)cc1. The molecule has 0 aliphatic heterocycles. The first-order valence-electron chi connectivity index (χ1n) is 8.44. The van der Waals surface area contributed by atoms with Crippen molar-refractivity contribution in [3.63, 3.8) is 0 Å². The monoisotopic (exact) mass is 380 g/mol.